The minimum atomic E-state index is -0.203. The number of aliphatic hydroxyl groups excluding tert-OH is 1. The number of halogens is 1. The van der Waals surface area contributed by atoms with Gasteiger partial charge in [-0.2, -0.15) is 0 Å². The Morgan fingerprint density at radius 3 is 2.83 bits per heavy atom. The topological polar surface area (TPSA) is 75.4 Å². The molecular formula is C16H11BrN2O3S2. The Hall–Kier alpha value is -1.74. The van der Waals surface area contributed by atoms with Gasteiger partial charge in [0.2, 0.25) is 0 Å². The predicted molar refractivity (Wildman–Crippen MR) is 101 cm³/mol. The second-order valence-electron chi connectivity index (χ2n) is 5.15. The molecule has 0 amide bonds. The Morgan fingerprint density at radius 1 is 1.29 bits per heavy atom. The Kier molecular flexibility index (Phi) is 3.92. The molecule has 4 aromatic rings. The number of aliphatic hydroxyl groups is 1. The van der Waals surface area contributed by atoms with Crippen molar-refractivity contribution in [1.82, 2.24) is 9.55 Å². The van der Waals surface area contributed by atoms with Gasteiger partial charge in [0.15, 0.2) is 5.82 Å². The van der Waals surface area contributed by atoms with Crippen LogP contribution in [-0.2, 0) is 6.54 Å². The van der Waals surface area contributed by atoms with Crippen LogP contribution >= 0.6 is 38.6 Å². The van der Waals surface area contributed by atoms with Crippen molar-refractivity contribution < 1.29 is 10.2 Å². The second-order valence-corrected chi connectivity index (χ2v) is 7.95. The molecule has 0 aliphatic carbocycles. The van der Waals surface area contributed by atoms with E-state index in [0.29, 0.717) is 30.6 Å². The van der Waals surface area contributed by atoms with Crippen molar-refractivity contribution in [2.45, 2.75) is 6.54 Å². The first-order valence-electron chi connectivity index (χ1n) is 7.11. The lowest BCUT2D eigenvalue weighted by molar-refractivity contribution is 0.275. The Bertz CT molecular complexity index is 1120. The van der Waals surface area contributed by atoms with Gasteiger partial charge in [-0.15, -0.1) is 22.7 Å². The number of phenolic OH excluding ortho intramolecular Hbond substituents is 1. The van der Waals surface area contributed by atoms with Gasteiger partial charge in [0.25, 0.3) is 5.56 Å². The van der Waals surface area contributed by atoms with Gasteiger partial charge in [0.05, 0.1) is 32.6 Å². The largest absolute Gasteiger partial charge is 0.505 e. The molecule has 3 heterocycles. The van der Waals surface area contributed by atoms with E-state index < -0.39 is 0 Å². The monoisotopic (exact) mass is 422 g/mol. The number of aromatic nitrogens is 2. The first-order valence-corrected chi connectivity index (χ1v) is 9.60. The molecule has 0 unspecified atom stereocenters. The molecule has 0 saturated carbocycles. The molecule has 1 aromatic carbocycles. The molecule has 122 valence electrons. The summed E-state index contributed by atoms with van der Waals surface area (Å²) in [6.07, 6.45) is 0. The number of nitrogens with zero attached hydrogens (tertiary/aromatic N) is 2. The highest BCUT2D eigenvalue weighted by atomic mass is 79.9. The number of rotatable bonds is 3. The van der Waals surface area contributed by atoms with Gasteiger partial charge in [0.1, 0.15) is 10.6 Å². The summed E-state index contributed by atoms with van der Waals surface area (Å²) in [6.45, 7) is 0.0270. The lowest BCUT2D eigenvalue weighted by Crippen LogP contribution is -2.24. The van der Waals surface area contributed by atoms with E-state index in [1.165, 1.54) is 27.2 Å². The molecule has 0 atom stereocenters. The highest BCUT2D eigenvalue weighted by Gasteiger charge is 2.19. The van der Waals surface area contributed by atoms with Crippen LogP contribution in [0.25, 0.3) is 31.0 Å². The molecule has 0 aliphatic heterocycles. The summed E-state index contributed by atoms with van der Waals surface area (Å²) >= 11 is 6.08. The molecule has 0 bridgehead atoms. The summed E-state index contributed by atoms with van der Waals surface area (Å²) in [5.74, 6) is 0.656. The quantitative estimate of drug-likeness (QED) is 0.526. The highest BCUT2D eigenvalue weighted by molar-refractivity contribution is 9.10. The van der Waals surface area contributed by atoms with Gasteiger partial charge in [-0.3, -0.25) is 9.36 Å². The highest BCUT2D eigenvalue weighted by Crippen LogP contribution is 2.41. The van der Waals surface area contributed by atoms with Crippen molar-refractivity contribution in [3.63, 3.8) is 0 Å². The van der Waals surface area contributed by atoms with Gasteiger partial charge in [-0.1, -0.05) is 12.1 Å². The lowest BCUT2D eigenvalue weighted by atomic mass is 10.2. The van der Waals surface area contributed by atoms with Crippen LogP contribution in [0.3, 0.4) is 0 Å². The van der Waals surface area contributed by atoms with Crippen LogP contribution in [0.2, 0.25) is 0 Å². The van der Waals surface area contributed by atoms with E-state index in [1.54, 1.807) is 12.1 Å². The SMILES string of the molecule is O=c1c2c(nc(-c3cccs3)n1CCO)sc1c(O)c(Br)ccc12. The van der Waals surface area contributed by atoms with Crippen molar-refractivity contribution in [3.8, 4) is 16.5 Å². The molecule has 0 spiro atoms. The third-order valence-corrected chi connectivity index (χ3v) is 6.36. The normalized spacial score (nSPS) is 11.6. The molecule has 8 heteroatoms. The van der Waals surface area contributed by atoms with E-state index in [-0.39, 0.29) is 24.5 Å². The second kappa shape index (κ2) is 5.96. The maximum absolute atomic E-state index is 13.0. The van der Waals surface area contributed by atoms with E-state index in [0.717, 1.165) is 4.88 Å². The number of thiophene rings is 2. The van der Waals surface area contributed by atoms with Crippen molar-refractivity contribution in [3.05, 3.63) is 44.5 Å². The summed E-state index contributed by atoms with van der Waals surface area (Å²) in [7, 11) is 0. The summed E-state index contributed by atoms with van der Waals surface area (Å²) in [5.41, 5.74) is -0.203. The molecule has 0 radical (unpaired) electrons. The van der Waals surface area contributed by atoms with Gasteiger partial charge < -0.3 is 10.2 Å². The number of phenols is 1. The third-order valence-electron chi connectivity index (χ3n) is 3.75. The summed E-state index contributed by atoms with van der Waals surface area (Å²) in [6, 6.07) is 7.31. The predicted octanol–water partition coefficient (Wildman–Crippen LogP) is 3.80. The first kappa shape index (κ1) is 15.8. The molecule has 0 fully saturated rings. The van der Waals surface area contributed by atoms with Crippen molar-refractivity contribution >= 4 is 58.9 Å². The van der Waals surface area contributed by atoms with Crippen molar-refractivity contribution in [1.29, 1.82) is 0 Å². The Labute approximate surface area is 152 Å². The molecular weight excluding hydrogens is 412 g/mol. The van der Waals surface area contributed by atoms with E-state index in [4.69, 9.17) is 0 Å². The van der Waals surface area contributed by atoms with Crippen LogP contribution in [0.15, 0.2) is 38.9 Å². The zero-order valence-corrected chi connectivity index (χ0v) is 15.4. The van der Waals surface area contributed by atoms with Crippen molar-refractivity contribution in [2.75, 3.05) is 6.61 Å². The fraction of sp³-hybridized carbons (Fsp3) is 0.125. The molecule has 2 N–H and O–H groups in total. The first-order chi connectivity index (χ1) is 11.6. The molecule has 3 aromatic heterocycles. The fourth-order valence-electron chi connectivity index (χ4n) is 2.68. The van der Waals surface area contributed by atoms with Crippen LogP contribution in [0.5, 0.6) is 5.75 Å². The minimum absolute atomic E-state index is 0.112. The van der Waals surface area contributed by atoms with Gasteiger partial charge >= 0.3 is 0 Å². The third kappa shape index (κ3) is 2.29. The van der Waals surface area contributed by atoms with Gasteiger partial charge in [-0.25, -0.2) is 4.98 Å². The van der Waals surface area contributed by atoms with E-state index >= 15 is 0 Å². The number of benzene rings is 1. The van der Waals surface area contributed by atoms with Crippen LogP contribution in [-0.4, -0.2) is 26.4 Å². The molecule has 5 nitrogen and oxygen atoms in total. The minimum Gasteiger partial charge on any atom is -0.505 e. The smallest absolute Gasteiger partial charge is 0.263 e. The summed E-state index contributed by atoms with van der Waals surface area (Å²) < 4.78 is 2.71. The standard InChI is InChI=1S/C16H11BrN2O3S2/c17-9-4-3-8-11-15(24-13(8)12(9)21)18-14(10-2-1-7-23-10)19(5-6-20)16(11)22/h1-4,7,20-21H,5-6H2. The zero-order chi connectivity index (χ0) is 16.8. The van der Waals surface area contributed by atoms with Crippen LogP contribution in [0.4, 0.5) is 0 Å². The van der Waals surface area contributed by atoms with Gasteiger partial charge in [-0.05, 0) is 33.4 Å². The number of aromatic hydroxyl groups is 1. The molecule has 0 aliphatic rings. The van der Waals surface area contributed by atoms with Crippen molar-refractivity contribution in [2.24, 2.45) is 0 Å². The maximum Gasteiger partial charge on any atom is 0.263 e. The molecule has 4 rings (SSSR count). The molecule has 0 saturated heterocycles. The average Bonchev–Trinajstić information content (AvgIpc) is 3.21. The maximum atomic E-state index is 13.0. The number of fused-ring (bicyclic) bond motifs is 3. The number of hydrogen-bond donors (Lipinski definition) is 2. The van der Waals surface area contributed by atoms with E-state index in [2.05, 4.69) is 20.9 Å². The van der Waals surface area contributed by atoms with Crippen LogP contribution < -0.4 is 5.56 Å². The van der Waals surface area contributed by atoms with E-state index in [9.17, 15) is 15.0 Å². The van der Waals surface area contributed by atoms with E-state index in [1.807, 2.05) is 17.5 Å². The van der Waals surface area contributed by atoms with Crippen LogP contribution in [0.1, 0.15) is 0 Å². The summed E-state index contributed by atoms with van der Waals surface area (Å²) in [5, 5.41) is 22.7. The average molecular weight is 423 g/mol. The van der Waals surface area contributed by atoms with Crippen LogP contribution in [0, 0.1) is 0 Å². The summed E-state index contributed by atoms with van der Waals surface area (Å²) in [4.78, 5) is 19.1. The zero-order valence-electron chi connectivity index (χ0n) is 12.2. The lowest BCUT2D eigenvalue weighted by Gasteiger charge is -2.09. The van der Waals surface area contributed by atoms with Gasteiger partial charge in [0, 0.05) is 5.39 Å². The molecule has 24 heavy (non-hydrogen) atoms. The Morgan fingerprint density at radius 2 is 2.12 bits per heavy atom. The fourth-order valence-corrected chi connectivity index (χ4v) is 4.98. The number of hydrogen-bond acceptors (Lipinski definition) is 6. The Balaban J connectivity index is 2.16.